The third-order valence-electron chi connectivity index (χ3n) is 3.02. The summed E-state index contributed by atoms with van der Waals surface area (Å²) in [4.78, 5) is 11.5. The van der Waals surface area contributed by atoms with Gasteiger partial charge in [0.25, 0.3) is 6.43 Å². The third-order valence-corrected chi connectivity index (χ3v) is 3.19. The summed E-state index contributed by atoms with van der Waals surface area (Å²) in [5, 5.41) is 11.6. The zero-order chi connectivity index (χ0) is 15.4. The summed E-state index contributed by atoms with van der Waals surface area (Å²) in [7, 11) is 0. The van der Waals surface area contributed by atoms with E-state index in [1.165, 1.54) is 0 Å². The Morgan fingerprint density at radius 1 is 1.38 bits per heavy atom. The summed E-state index contributed by atoms with van der Waals surface area (Å²) >= 11 is 5.74. The van der Waals surface area contributed by atoms with Crippen LogP contribution in [-0.2, 0) is 0 Å². The fourth-order valence-electron chi connectivity index (χ4n) is 1.98. The van der Waals surface area contributed by atoms with Gasteiger partial charge in [0.1, 0.15) is 12.7 Å². The first-order chi connectivity index (χ1) is 9.99. The van der Waals surface area contributed by atoms with Crippen molar-refractivity contribution in [2.45, 2.75) is 37.8 Å². The van der Waals surface area contributed by atoms with E-state index in [4.69, 9.17) is 11.6 Å². The molecular weight excluding hydrogens is 309 g/mol. The molecule has 2 unspecified atom stereocenters. The molecule has 2 N–H and O–H groups in total. The number of hydrogen-bond donors (Lipinski definition) is 2. The monoisotopic (exact) mass is 322 g/mol. The number of allylic oxidation sites excluding steroid dienone is 1. The second-order valence-electron chi connectivity index (χ2n) is 4.64. The standard InChI is InChI=1S/C12H14ClF3N4O/c13-11-18-10(6-2-1-3-7(21)4-6)19-12(20-11)17-8(5-14)9(15)16/h4,7-9,21H,1-3,5H2,(H,17,18,19,20). The average Bonchev–Trinajstić information content (AvgIpc) is 2.44. The van der Waals surface area contributed by atoms with Crippen molar-refractivity contribution in [2.24, 2.45) is 0 Å². The first-order valence-electron chi connectivity index (χ1n) is 6.41. The molecule has 1 aliphatic carbocycles. The zero-order valence-electron chi connectivity index (χ0n) is 10.9. The number of aromatic nitrogens is 3. The fourth-order valence-corrected chi connectivity index (χ4v) is 2.14. The number of aliphatic hydroxyl groups excluding tert-OH is 1. The summed E-state index contributed by atoms with van der Waals surface area (Å²) in [6.07, 6.45) is 0.133. The van der Waals surface area contributed by atoms with Gasteiger partial charge in [0.05, 0.1) is 6.10 Å². The van der Waals surface area contributed by atoms with Gasteiger partial charge in [-0.15, -0.1) is 0 Å². The van der Waals surface area contributed by atoms with Gasteiger partial charge < -0.3 is 10.4 Å². The van der Waals surface area contributed by atoms with Crippen LogP contribution in [0.3, 0.4) is 0 Å². The average molecular weight is 323 g/mol. The molecule has 2 atom stereocenters. The Balaban J connectivity index is 2.25. The first-order valence-corrected chi connectivity index (χ1v) is 6.78. The van der Waals surface area contributed by atoms with Crippen molar-refractivity contribution in [3.8, 4) is 0 Å². The second-order valence-corrected chi connectivity index (χ2v) is 4.98. The Labute approximate surface area is 124 Å². The molecule has 1 heterocycles. The lowest BCUT2D eigenvalue weighted by Crippen LogP contribution is -2.31. The van der Waals surface area contributed by atoms with E-state index in [1.54, 1.807) is 6.08 Å². The summed E-state index contributed by atoms with van der Waals surface area (Å²) < 4.78 is 37.6. The van der Waals surface area contributed by atoms with Gasteiger partial charge in [-0.3, -0.25) is 0 Å². The summed E-state index contributed by atoms with van der Waals surface area (Å²) in [5.41, 5.74) is 0.662. The van der Waals surface area contributed by atoms with Crippen LogP contribution < -0.4 is 5.32 Å². The lowest BCUT2D eigenvalue weighted by molar-refractivity contribution is 0.112. The Bertz CT molecular complexity index is 529. The minimum atomic E-state index is -2.90. The molecule has 0 radical (unpaired) electrons. The highest BCUT2D eigenvalue weighted by molar-refractivity contribution is 6.28. The molecule has 0 saturated heterocycles. The highest BCUT2D eigenvalue weighted by atomic mass is 35.5. The molecule has 21 heavy (non-hydrogen) atoms. The molecule has 5 nitrogen and oxygen atoms in total. The predicted molar refractivity (Wildman–Crippen MR) is 72.1 cm³/mol. The predicted octanol–water partition coefficient (Wildman–Crippen LogP) is 2.47. The number of nitrogens with one attached hydrogen (secondary N) is 1. The molecule has 0 saturated carbocycles. The van der Waals surface area contributed by atoms with E-state index >= 15 is 0 Å². The smallest absolute Gasteiger partial charge is 0.261 e. The van der Waals surface area contributed by atoms with E-state index in [9.17, 15) is 18.3 Å². The van der Waals surface area contributed by atoms with Crippen molar-refractivity contribution in [1.29, 1.82) is 0 Å². The van der Waals surface area contributed by atoms with Crippen molar-refractivity contribution in [3.63, 3.8) is 0 Å². The first kappa shape index (κ1) is 16.0. The van der Waals surface area contributed by atoms with Crippen molar-refractivity contribution < 1.29 is 18.3 Å². The van der Waals surface area contributed by atoms with E-state index in [0.717, 1.165) is 6.42 Å². The van der Waals surface area contributed by atoms with Crippen molar-refractivity contribution in [2.75, 3.05) is 12.0 Å². The van der Waals surface area contributed by atoms with Crippen LogP contribution in [0.15, 0.2) is 6.08 Å². The highest BCUT2D eigenvalue weighted by Gasteiger charge is 2.22. The minimum Gasteiger partial charge on any atom is -0.389 e. The molecule has 1 aliphatic rings. The number of hydrogen-bond acceptors (Lipinski definition) is 5. The molecule has 0 amide bonds. The number of halogens is 4. The number of aliphatic hydroxyl groups is 1. The maximum atomic E-state index is 12.5. The Kier molecular flexibility index (Phi) is 5.35. The second kappa shape index (κ2) is 7.04. The largest absolute Gasteiger partial charge is 0.389 e. The molecular formula is C12H14ClF3N4O. The maximum Gasteiger partial charge on any atom is 0.261 e. The van der Waals surface area contributed by atoms with Gasteiger partial charge in [0.2, 0.25) is 11.2 Å². The molecule has 1 aromatic heterocycles. The van der Waals surface area contributed by atoms with Crippen LogP contribution in [0.4, 0.5) is 19.1 Å². The Morgan fingerprint density at radius 2 is 2.14 bits per heavy atom. The fraction of sp³-hybridized carbons (Fsp3) is 0.583. The number of nitrogens with zero attached hydrogens (tertiary/aromatic N) is 3. The van der Waals surface area contributed by atoms with E-state index in [-0.39, 0.29) is 17.1 Å². The Morgan fingerprint density at radius 3 is 2.76 bits per heavy atom. The minimum absolute atomic E-state index is 0.185. The van der Waals surface area contributed by atoms with Gasteiger partial charge in [-0.05, 0) is 42.5 Å². The van der Waals surface area contributed by atoms with E-state index in [2.05, 4.69) is 20.3 Å². The van der Waals surface area contributed by atoms with E-state index < -0.39 is 25.2 Å². The van der Waals surface area contributed by atoms with Crippen molar-refractivity contribution in [3.05, 3.63) is 17.2 Å². The molecule has 0 spiro atoms. The van der Waals surface area contributed by atoms with E-state index in [1.807, 2.05) is 0 Å². The van der Waals surface area contributed by atoms with Crippen molar-refractivity contribution in [1.82, 2.24) is 15.0 Å². The van der Waals surface area contributed by atoms with Crippen LogP contribution in [0.5, 0.6) is 0 Å². The summed E-state index contributed by atoms with van der Waals surface area (Å²) in [5.74, 6) is -0.0166. The highest BCUT2D eigenvalue weighted by Crippen LogP contribution is 2.26. The van der Waals surface area contributed by atoms with Crippen LogP contribution in [0.25, 0.3) is 5.57 Å². The molecule has 2 rings (SSSR count). The lowest BCUT2D eigenvalue weighted by Gasteiger charge is -2.17. The van der Waals surface area contributed by atoms with Gasteiger partial charge in [-0.1, -0.05) is 0 Å². The maximum absolute atomic E-state index is 12.5. The van der Waals surface area contributed by atoms with Gasteiger partial charge >= 0.3 is 0 Å². The van der Waals surface area contributed by atoms with Crippen LogP contribution in [0, 0.1) is 0 Å². The molecule has 0 bridgehead atoms. The van der Waals surface area contributed by atoms with Crippen LogP contribution in [-0.4, -0.2) is 45.3 Å². The third kappa shape index (κ3) is 4.28. The SMILES string of the molecule is OC1C=C(c2nc(Cl)nc(NC(CF)C(F)F)n2)CCC1. The number of alkyl halides is 3. The molecule has 9 heteroatoms. The van der Waals surface area contributed by atoms with Crippen LogP contribution in [0.2, 0.25) is 5.28 Å². The lowest BCUT2D eigenvalue weighted by atomic mass is 9.97. The van der Waals surface area contributed by atoms with Crippen LogP contribution >= 0.6 is 11.6 Å². The van der Waals surface area contributed by atoms with E-state index in [0.29, 0.717) is 18.4 Å². The normalized spacial score (nSPS) is 20.3. The molecule has 0 fully saturated rings. The van der Waals surface area contributed by atoms with Crippen molar-refractivity contribution >= 4 is 23.1 Å². The number of anilines is 1. The van der Waals surface area contributed by atoms with Gasteiger partial charge in [-0.25, -0.2) is 13.2 Å². The topological polar surface area (TPSA) is 70.9 Å². The summed E-state index contributed by atoms with van der Waals surface area (Å²) in [6, 6.07) is -1.71. The van der Waals surface area contributed by atoms with Gasteiger partial charge in [-0.2, -0.15) is 15.0 Å². The number of rotatable bonds is 5. The summed E-state index contributed by atoms with van der Waals surface area (Å²) in [6.45, 7) is -1.27. The zero-order valence-corrected chi connectivity index (χ0v) is 11.7. The molecule has 116 valence electrons. The Hall–Kier alpha value is -1.41. The van der Waals surface area contributed by atoms with Crippen LogP contribution in [0.1, 0.15) is 25.1 Å². The molecule has 1 aromatic rings. The molecule has 0 aromatic carbocycles. The molecule has 0 aliphatic heterocycles. The van der Waals surface area contributed by atoms with Gasteiger partial charge in [0.15, 0.2) is 5.82 Å². The van der Waals surface area contributed by atoms with Gasteiger partial charge in [0, 0.05) is 0 Å². The quantitative estimate of drug-likeness (QED) is 0.871.